The first kappa shape index (κ1) is 17.9. The Morgan fingerprint density at radius 1 is 1.08 bits per heavy atom. The standard InChI is InChI=1S/C21H23N3O2/c1-16-7-9-18(10-8-16)20(25)23-19(14-17-6-5-11-22-15-17)21(26)24-12-3-2-4-13-24/h5-11,14-15H,2-4,12-13H2,1H3,(H,23,25). The number of carbonyl (C=O) groups is 2. The lowest BCUT2D eigenvalue weighted by Crippen LogP contribution is -2.41. The SMILES string of the molecule is Cc1ccc(C(=O)NC(=Cc2cccnc2)C(=O)N2CCCCC2)cc1. The highest BCUT2D eigenvalue weighted by molar-refractivity contribution is 6.05. The van der Waals surface area contributed by atoms with Crippen molar-refractivity contribution < 1.29 is 9.59 Å². The van der Waals surface area contributed by atoms with Gasteiger partial charge in [-0.05, 0) is 56.0 Å². The number of benzene rings is 1. The number of rotatable bonds is 4. The topological polar surface area (TPSA) is 62.3 Å². The summed E-state index contributed by atoms with van der Waals surface area (Å²) in [5.41, 5.74) is 2.67. The minimum absolute atomic E-state index is 0.144. The summed E-state index contributed by atoms with van der Waals surface area (Å²) in [6.07, 6.45) is 8.17. The third-order valence-corrected chi connectivity index (χ3v) is 4.43. The summed E-state index contributed by atoms with van der Waals surface area (Å²) >= 11 is 0. The molecule has 0 radical (unpaired) electrons. The zero-order valence-electron chi connectivity index (χ0n) is 14.9. The van der Waals surface area contributed by atoms with Gasteiger partial charge >= 0.3 is 0 Å². The molecule has 0 atom stereocenters. The van der Waals surface area contributed by atoms with Crippen molar-refractivity contribution >= 4 is 17.9 Å². The van der Waals surface area contributed by atoms with Gasteiger partial charge in [0.25, 0.3) is 11.8 Å². The van der Waals surface area contributed by atoms with Crippen LogP contribution in [0.25, 0.3) is 6.08 Å². The van der Waals surface area contributed by atoms with E-state index >= 15 is 0 Å². The summed E-state index contributed by atoms with van der Waals surface area (Å²) < 4.78 is 0. The van der Waals surface area contributed by atoms with Gasteiger partial charge in [-0.1, -0.05) is 23.8 Å². The summed E-state index contributed by atoms with van der Waals surface area (Å²) in [6.45, 7) is 3.42. The van der Waals surface area contributed by atoms with Gasteiger partial charge in [0, 0.05) is 31.0 Å². The van der Waals surface area contributed by atoms with E-state index in [1.807, 2.05) is 25.1 Å². The molecule has 134 valence electrons. The molecule has 1 aromatic heterocycles. The maximum Gasteiger partial charge on any atom is 0.270 e. The van der Waals surface area contributed by atoms with Crippen LogP contribution in [0, 0.1) is 6.92 Å². The smallest absolute Gasteiger partial charge is 0.270 e. The molecule has 26 heavy (non-hydrogen) atoms. The number of hydrogen-bond donors (Lipinski definition) is 1. The number of nitrogens with zero attached hydrogens (tertiary/aromatic N) is 2. The van der Waals surface area contributed by atoms with E-state index in [0.29, 0.717) is 5.56 Å². The van der Waals surface area contributed by atoms with Gasteiger partial charge in [0.15, 0.2) is 0 Å². The molecule has 0 saturated carbocycles. The van der Waals surface area contributed by atoms with E-state index in [9.17, 15) is 9.59 Å². The lowest BCUT2D eigenvalue weighted by molar-refractivity contribution is -0.128. The maximum atomic E-state index is 12.9. The molecule has 1 saturated heterocycles. The van der Waals surface area contributed by atoms with Crippen LogP contribution >= 0.6 is 0 Å². The van der Waals surface area contributed by atoms with Crippen molar-refractivity contribution in [2.24, 2.45) is 0 Å². The third-order valence-electron chi connectivity index (χ3n) is 4.43. The van der Waals surface area contributed by atoms with E-state index in [4.69, 9.17) is 0 Å². The summed E-state index contributed by atoms with van der Waals surface area (Å²) in [7, 11) is 0. The molecule has 0 aliphatic carbocycles. The fourth-order valence-electron chi connectivity index (χ4n) is 2.95. The second-order valence-electron chi connectivity index (χ2n) is 6.52. The molecular weight excluding hydrogens is 326 g/mol. The Morgan fingerprint density at radius 3 is 2.46 bits per heavy atom. The fraction of sp³-hybridized carbons (Fsp3) is 0.286. The molecule has 3 rings (SSSR count). The van der Waals surface area contributed by atoms with Gasteiger partial charge in [-0.2, -0.15) is 0 Å². The van der Waals surface area contributed by atoms with Crippen LogP contribution in [0.15, 0.2) is 54.5 Å². The predicted molar refractivity (Wildman–Crippen MR) is 101 cm³/mol. The molecule has 0 bridgehead atoms. The Hall–Kier alpha value is -2.95. The quantitative estimate of drug-likeness (QED) is 0.863. The van der Waals surface area contributed by atoms with E-state index in [0.717, 1.165) is 43.5 Å². The van der Waals surface area contributed by atoms with Gasteiger partial charge in [-0.15, -0.1) is 0 Å². The number of piperidine rings is 1. The second-order valence-corrected chi connectivity index (χ2v) is 6.52. The average molecular weight is 349 g/mol. The molecule has 1 aromatic carbocycles. The largest absolute Gasteiger partial charge is 0.337 e. The van der Waals surface area contributed by atoms with Crippen LogP contribution in [0.3, 0.4) is 0 Å². The molecule has 0 unspecified atom stereocenters. The van der Waals surface area contributed by atoms with Crippen molar-refractivity contribution in [3.05, 3.63) is 71.2 Å². The van der Waals surface area contributed by atoms with Crippen LogP contribution < -0.4 is 5.32 Å². The Balaban J connectivity index is 1.84. The Labute approximate surface area is 153 Å². The van der Waals surface area contributed by atoms with Crippen LogP contribution in [0.4, 0.5) is 0 Å². The molecule has 1 aliphatic heterocycles. The number of aromatic nitrogens is 1. The minimum atomic E-state index is -0.287. The van der Waals surface area contributed by atoms with Crippen LogP contribution in [0.5, 0.6) is 0 Å². The van der Waals surface area contributed by atoms with E-state index in [1.54, 1.807) is 41.6 Å². The normalized spacial score (nSPS) is 14.8. The van der Waals surface area contributed by atoms with Crippen LogP contribution in [0.2, 0.25) is 0 Å². The van der Waals surface area contributed by atoms with E-state index in [1.165, 1.54) is 0 Å². The molecular formula is C21H23N3O2. The predicted octanol–water partition coefficient (Wildman–Crippen LogP) is 3.17. The van der Waals surface area contributed by atoms with Crippen LogP contribution in [-0.4, -0.2) is 34.8 Å². The van der Waals surface area contributed by atoms with Crippen molar-refractivity contribution in [2.75, 3.05) is 13.1 Å². The number of pyridine rings is 1. The van der Waals surface area contributed by atoms with Gasteiger partial charge < -0.3 is 10.2 Å². The molecule has 1 fully saturated rings. The summed E-state index contributed by atoms with van der Waals surface area (Å²) in [4.78, 5) is 31.4. The van der Waals surface area contributed by atoms with Crippen molar-refractivity contribution in [1.82, 2.24) is 15.2 Å². The molecule has 0 spiro atoms. The van der Waals surface area contributed by atoms with Gasteiger partial charge in [-0.25, -0.2) is 0 Å². The van der Waals surface area contributed by atoms with E-state index in [2.05, 4.69) is 10.3 Å². The summed E-state index contributed by atoms with van der Waals surface area (Å²) in [5.74, 6) is -0.431. The molecule has 2 amide bonds. The first-order valence-corrected chi connectivity index (χ1v) is 8.92. The van der Waals surface area contributed by atoms with Crippen molar-refractivity contribution in [2.45, 2.75) is 26.2 Å². The number of hydrogen-bond acceptors (Lipinski definition) is 3. The second kappa shape index (κ2) is 8.43. The maximum absolute atomic E-state index is 12.9. The number of aryl methyl sites for hydroxylation is 1. The first-order valence-electron chi connectivity index (χ1n) is 8.92. The van der Waals surface area contributed by atoms with Gasteiger partial charge in [0.2, 0.25) is 0 Å². The van der Waals surface area contributed by atoms with Crippen molar-refractivity contribution in [1.29, 1.82) is 0 Å². The van der Waals surface area contributed by atoms with Crippen LogP contribution in [-0.2, 0) is 4.79 Å². The van der Waals surface area contributed by atoms with Crippen molar-refractivity contribution in [3.8, 4) is 0 Å². The minimum Gasteiger partial charge on any atom is -0.337 e. The van der Waals surface area contributed by atoms with E-state index in [-0.39, 0.29) is 17.5 Å². The monoisotopic (exact) mass is 349 g/mol. The molecule has 2 heterocycles. The Morgan fingerprint density at radius 2 is 1.81 bits per heavy atom. The molecule has 1 aliphatic rings. The van der Waals surface area contributed by atoms with Gasteiger partial charge in [0.05, 0.1) is 0 Å². The first-order chi connectivity index (χ1) is 12.6. The zero-order valence-corrected chi connectivity index (χ0v) is 14.9. The number of amides is 2. The summed E-state index contributed by atoms with van der Waals surface area (Å²) in [6, 6.07) is 10.9. The number of carbonyl (C=O) groups excluding carboxylic acids is 2. The van der Waals surface area contributed by atoms with E-state index < -0.39 is 0 Å². The van der Waals surface area contributed by atoms with Crippen molar-refractivity contribution in [3.63, 3.8) is 0 Å². The molecule has 1 N–H and O–H groups in total. The molecule has 5 heteroatoms. The van der Waals surface area contributed by atoms with Gasteiger partial charge in [0.1, 0.15) is 5.70 Å². The van der Waals surface area contributed by atoms with Crippen LogP contribution in [0.1, 0.15) is 40.7 Å². The Kier molecular flexibility index (Phi) is 5.79. The Bertz CT molecular complexity index is 792. The highest BCUT2D eigenvalue weighted by Crippen LogP contribution is 2.14. The lowest BCUT2D eigenvalue weighted by atomic mass is 10.1. The lowest BCUT2D eigenvalue weighted by Gasteiger charge is -2.27. The van der Waals surface area contributed by atoms with Gasteiger partial charge in [-0.3, -0.25) is 14.6 Å². The number of nitrogens with one attached hydrogen (secondary N) is 1. The third kappa shape index (κ3) is 4.57. The average Bonchev–Trinajstić information content (AvgIpc) is 2.69. The highest BCUT2D eigenvalue weighted by atomic mass is 16.2. The molecule has 2 aromatic rings. The fourth-order valence-corrected chi connectivity index (χ4v) is 2.95. The zero-order chi connectivity index (χ0) is 18.4. The summed E-state index contributed by atoms with van der Waals surface area (Å²) in [5, 5.41) is 2.80. The number of likely N-dealkylation sites (tertiary alicyclic amines) is 1. The molecule has 5 nitrogen and oxygen atoms in total. The highest BCUT2D eigenvalue weighted by Gasteiger charge is 2.22.